The summed E-state index contributed by atoms with van der Waals surface area (Å²) in [7, 11) is 3.07. The molecule has 1 aliphatic carbocycles. The van der Waals surface area contributed by atoms with E-state index in [1.807, 2.05) is 36.1 Å². The van der Waals surface area contributed by atoms with Gasteiger partial charge in [0.2, 0.25) is 5.43 Å². The number of carboxylic acid groups (broad SMARTS) is 1. The number of fused-ring (bicyclic) bond motifs is 1. The van der Waals surface area contributed by atoms with Crippen LogP contribution in [-0.2, 0) is 0 Å². The summed E-state index contributed by atoms with van der Waals surface area (Å²) >= 11 is 0. The Bertz CT molecular complexity index is 1490. The second-order valence-corrected chi connectivity index (χ2v) is 9.91. The molecule has 206 valence electrons. The molecule has 0 unspecified atom stereocenters. The van der Waals surface area contributed by atoms with Gasteiger partial charge in [0, 0.05) is 56.7 Å². The lowest BCUT2D eigenvalue weighted by molar-refractivity contribution is 0.0694. The number of carbonyl (C=O) groups is 1. The maximum absolute atomic E-state index is 15.6. The number of nitrogens with zero attached hydrogens (tertiary/aromatic N) is 4. The van der Waals surface area contributed by atoms with Crippen LogP contribution in [0.1, 0.15) is 36.2 Å². The first-order valence-electron chi connectivity index (χ1n) is 12.9. The quantitative estimate of drug-likeness (QED) is 0.314. The van der Waals surface area contributed by atoms with Crippen LogP contribution < -0.4 is 25.2 Å². The predicted molar refractivity (Wildman–Crippen MR) is 148 cm³/mol. The molecule has 5 rings (SSSR count). The van der Waals surface area contributed by atoms with Crippen LogP contribution in [-0.4, -0.2) is 73.2 Å². The lowest BCUT2D eigenvalue weighted by atomic mass is 10.1. The van der Waals surface area contributed by atoms with Gasteiger partial charge in [-0.05, 0) is 38.0 Å². The normalized spacial score (nSPS) is 16.4. The van der Waals surface area contributed by atoms with Crippen LogP contribution in [0.5, 0.6) is 11.5 Å². The summed E-state index contributed by atoms with van der Waals surface area (Å²) in [6.07, 6.45) is 3.09. The van der Waals surface area contributed by atoms with Gasteiger partial charge in [0.25, 0.3) is 0 Å². The predicted octanol–water partition coefficient (Wildman–Crippen LogP) is 3.80. The van der Waals surface area contributed by atoms with Crippen LogP contribution in [0, 0.1) is 5.82 Å². The molecule has 0 atom stereocenters. The number of halogens is 1. The number of carboxylic acids is 1. The van der Waals surface area contributed by atoms with E-state index in [1.54, 1.807) is 11.7 Å². The number of benzene rings is 2. The van der Waals surface area contributed by atoms with E-state index in [1.165, 1.54) is 13.3 Å². The number of anilines is 2. The van der Waals surface area contributed by atoms with Crippen LogP contribution in [0.15, 0.2) is 46.4 Å². The molecule has 0 spiro atoms. The van der Waals surface area contributed by atoms with E-state index < -0.39 is 17.2 Å². The summed E-state index contributed by atoms with van der Waals surface area (Å²) < 4.78 is 28.3. The van der Waals surface area contributed by atoms with Crippen molar-refractivity contribution in [3.05, 3.63) is 58.1 Å². The molecule has 0 bridgehead atoms. The van der Waals surface area contributed by atoms with E-state index in [2.05, 4.69) is 15.4 Å². The van der Waals surface area contributed by atoms with Crippen molar-refractivity contribution >= 4 is 34.0 Å². The van der Waals surface area contributed by atoms with E-state index >= 15 is 4.39 Å². The maximum Gasteiger partial charge on any atom is 0.341 e. The number of aromatic carboxylic acids is 1. The standard InChI is InChI=1S/C28H32FN5O5/c1-17(30-31-18-5-4-6-20(13-18)38-2)15-32-9-11-33(12-10-32)25-23(29)14-21-24(27(25)39-3)34(19-7-8-19)16-22(26(21)35)28(36)37/h4-6,13-14,16,19,31H,7-12,15H2,1-3H3,(H,36,37)/b30-17+. The van der Waals surface area contributed by atoms with Crippen LogP contribution in [0.4, 0.5) is 15.8 Å². The molecule has 11 heteroatoms. The number of piperazine rings is 1. The van der Waals surface area contributed by atoms with Crippen LogP contribution in [0.2, 0.25) is 0 Å². The molecular formula is C28H32FN5O5. The fraction of sp³-hybridized carbons (Fsp3) is 0.393. The van der Waals surface area contributed by atoms with Crippen molar-refractivity contribution in [3.63, 3.8) is 0 Å². The van der Waals surface area contributed by atoms with Crippen molar-refractivity contribution in [1.82, 2.24) is 9.47 Å². The summed E-state index contributed by atoms with van der Waals surface area (Å²) in [5, 5.41) is 14.0. The van der Waals surface area contributed by atoms with Gasteiger partial charge in [0.15, 0.2) is 11.6 Å². The van der Waals surface area contributed by atoms with Crippen molar-refractivity contribution in [2.75, 3.05) is 57.3 Å². The van der Waals surface area contributed by atoms with Gasteiger partial charge in [0.1, 0.15) is 17.0 Å². The van der Waals surface area contributed by atoms with Gasteiger partial charge in [-0.1, -0.05) is 6.07 Å². The average Bonchev–Trinajstić information content (AvgIpc) is 3.78. The Morgan fingerprint density at radius 3 is 2.54 bits per heavy atom. The molecule has 2 N–H and O–H groups in total. The van der Waals surface area contributed by atoms with Crippen molar-refractivity contribution in [3.8, 4) is 11.5 Å². The fourth-order valence-corrected chi connectivity index (χ4v) is 5.07. The lowest BCUT2D eigenvalue weighted by Gasteiger charge is -2.37. The summed E-state index contributed by atoms with van der Waals surface area (Å²) in [4.78, 5) is 28.8. The third-order valence-corrected chi connectivity index (χ3v) is 7.16. The summed E-state index contributed by atoms with van der Waals surface area (Å²) in [6.45, 7) is 5.07. The zero-order valence-electron chi connectivity index (χ0n) is 22.2. The van der Waals surface area contributed by atoms with Gasteiger partial charge in [-0.3, -0.25) is 15.1 Å². The van der Waals surface area contributed by atoms with Crippen LogP contribution >= 0.6 is 0 Å². The summed E-state index contributed by atoms with van der Waals surface area (Å²) in [5.74, 6) is -0.917. The van der Waals surface area contributed by atoms with Crippen LogP contribution in [0.25, 0.3) is 10.9 Å². The smallest absolute Gasteiger partial charge is 0.341 e. The molecule has 2 aliphatic rings. The SMILES string of the molecule is COc1cccc(N/N=C(\C)CN2CCN(c3c(F)cc4c(=O)c(C(=O)O)cn(C5CC5)c4c3OC)CC2)c1. The third kappa shape index (κ3) is 5.40. The summed E-state index contributed by atoms with van der Waals surface area (Å²) in [5.41, 5.74) is 4.46. The number of hydrogen-bond donors (Lipinski definition) is 2. The van der Waals surface area contributed by atoms with E-state index in [4.69, 9.17) is 9.47 Å². The lowest BCUT2D eigenvalue weighted by Crippen LogP contribution is -2.48. The number of pyridine rings is 1. The molecule has 1 saturated carbocycles. The second kappa shape index (κ2) is 10.9. The molecule has 3 aromatic rings. The Kier molecular flexibility index (Phi) is 7.42. The van der Waals surface area contributed by atoms with Gasteiger partial charge < -0.3 is 24.0 Å². The minimum absolute atomic E-state index is 0.0221. The Morgan fingerprint density at radius 1 is 1.15 bits per heavy atom. The number of rotatable bonds is 9. The number of hydrazone groups is 1. The first-order chi connectivity index (χ1) is 18.8. The molecule has 2 aromatic carbocycles. The highest BCUT2D eigenvalue weighted by atomic mass is 19.1. The number of hydrogen-bond acceptors (Lipinski definition) is 8. The number of aromatic nitrogens is 1. The Morgan fingerprint density at radius 2 is 1.90 bits per heavy atom. The van der Waals surface area contributed by atoms with Crippen molar-refractivity contribution in [2.45, 2.75) is 25.8 Å². The van der Waals surface area contributed by atoms with E-state index in [0.717, 1.165) is 36.1 Å². The molecule has 1 aromatic heterocycles. The van der Waals surface area contributed by atoms with E-state index in [0.29, 0.717) is 43.9 Å². The number of ether oxygens (including phenoxy) is 2. The van der Waals surface area contributed by atoms with E-state index in [-0.39, 0.29) is 22.7 Å². The minimum atomic E-state index is -1.33. The molecule has 0 amide bonds. The number of methoxy groups -OCH3 is 2. The average molecular weight is 538 g/mol. The van der Waals surface area contributed by atoms with Gasteiger partial charge in [-0.15, -0.1) is 0 Å². The molecule has 1 saturated heterocycles. The Labute approximate surface area is 225 Å². The topological polar surface area (TPSA) is 109 Å². The Hall–Kier alpha value is -4.12. The molecule has 0 radical (unpaired) electrons. The number of nitrogens with one attached hydrogen (secondary N) is 1. The van der Waals surface area contributed by atoms with Gasteiger partial charge >= 0.3 is 5.97 Å². The van der Waals surface area contributed by atoms with Crippen molar-refractivity contribution < 1.29 is 23.8 Å². The second-order valence-electron chi connectivity index (χ2n) is 9.91. The third-order valence-electron chi connectivity index (χ3n) is 7.16. The maximum atomic E-state index is 15.6. The van der Waals surface area contributed by atoms with Gasteiger partial charge in [-0.2, -0.15) is 5.10 Å². The highest BCUT2D eigenvalue weighted by molar-refractivity contribution is 5.97. The van der Waals surface area contributed by atoms with E-state index in [9.17, 15) is 14.7 Å². The molecular weight excluding hydrogens is 505 g/mol. The zero-order chi connectivity index (χ0) is 27.7. The molecule has 2 heterocycles. The largest absolute Gasteiger partial charge is 0.497 e. The van der Waals surface area contributed by atoms with Crippen molar-refractivity contribution in [1.29, 1.82) is 0 Å². The van der Waals surface area contributed by atoms with Gasteiger partial charge in [0.05, 0.1) is 30.8 Å². The van der Waals surface area contributed by atoms with Crippen LogP contribution in [0.3, 0.4) is 0 Å². The molecule has 1 aliphatic heterocycles. The van der Waals surface area contributed by atoms with Gasteiger partial charge in [-0.25, -0.2) is 9.18 Å². The minimum Gasteiger partial charge on any atom is -0.497 e. The molecule has 39 heavy (non-hydrogen) atoms. The first-order valence-corrected chi connectivity index (χ1v) is 12.9. The summed E-state index contributed by atoms with van der Waals surface area (Å²) in [6, 6.07) is 8.76. The molecule has 2 fully saturated rings. The van der Waals surface area contributed by atoms with Crippen molar-refractivity contribution in [2.24, 2.45) is 5.10 Å². The molecule has 10 nitrogen and oxygen atoms in total. The fourth-order valence-electron chi connectivity index (χ4n) is 5.07. The Balaban J connectivity index is 1.35. The highest BCUT2D eigenvalue weighted by Crippen LogP contribution is 2.43. The monoisotopic (exact) mass is 537 g/mol. The highest BCUT2D eigenvalue weighted by Gasteiger charge is 2.32. The first kappa shape index (κ1) is 26.5. The zero-order valence-corrected chi connectivity index (χ0v) is 22.2.